The monoisotopic (exact) mass is 735 g/mol. The molecule has 0 spiro atoms. The number of unbranched alkanes of at least 4 members (excludes halogenated alkanes) is 30. The van der Waals surface area contributed by atoms with Crippen LogP contribution >= 0.6 is 0 Å². The van der Waals surface area contributed by atoms with Crippen LogP contribution in [0.4, 0.5) is 0 Å². The topological polar surface area (TPSA) is 61.8 Å². The van der Waals surface area contributed by atoms with Gasteiger partial charge in [-0.05, 0) is 44.9 Å². The average Bonchev–Trinajstić information content (AvgIpc) is 3.14. The van der Waals surface area contributed by atoms with Crippen LogP contribution in [0.2, 0.25) is 0 Å². The number of ether oxygens (including phenoxy) is 3. The lowest BCUT2D eigenvalue weighted by Crippen LogP contribution is -2.30. The number of hydrogen-bond acceptors (Lipinski definition) is 5. The van der Waals surface area contributed by atoms with Gasteiger partial charge >= 0.3 is 11.9 Å². The summed E-state index contributed by atoms with van der Waals surface area (Å²) in [6, 6.07) is 0. The van der Waals surface area contributed by atoms with Crippen molar-refractivity contribution in [2.75, 3.05) is 19.8 Å². The number of carbonyl (C=O) groups is 2. The van der Waals surface area contributed by atoms with Crippen LogP contribution in [0.1, 0.15) is 252 Å². The Balaban J connectivity index is 4.05. The van der Waals surface area contributed by atoms with Crippen LogP contribution in [0.5, 0.6) is 0 Å². The Morgan fingerprint density at radius 1 is 0.404 bits per heavy atom. The molecule has 0 heterocycles. The Labute approximate surface area is 325 Å². The quantitative estimate of drug-likeness (QED) is 0.0355. The van der Waals surface area contributed by atoms with Gasteiger partial charge in [-0.3, -0.25) is 9.59 Å². The maximum Gasteiger partial charge on any atom is 0.306 e. The van der Waals surface area contributed by atoms with E-state index in [1.807, 2.05) is 0 Å². The molecule has 308 valence electrons. The molecular weight excluding hydrogens is 645 g/mol. The van der Waals surface area contributed by atoms with Crippen LogP contribution in [0, 0.1) is 0 Å². The Morgan fingerprint density at radius 2 is 0.750 bits per heavy atom. The highest BCUT2D eigenvalue weighted by atomic mass is 16.6. The van der Waals surface area contributed by atoms with Crippen LogP contribution in [-0.4, -0.2) is 37.9 Å². The minimum atomic E-state index is -0.523. The van der Waals surface area contributed by atoms with Crippen LogP contribution < -0.4 is 0 Å². The molecule has 1 unspecified atom stereocenters. The van der Waals surface area contributed by atoms with Gasteiger partial charge in [-0.15, -0.1) is 0 Å². The van der Waals surface area contributed by atoms with Gasteiger partial charge in [0.15, 0.2) is 6.10 Å². The van der Waals surface area contributed by atoms with E-state index in [4.69, 9.17) is 14.2 Å². The predicted octanol–water partition coefficient (Wildman–Crippen LogP) is 15.1. The lowest BCUT2D eigenvalue weighted by molar-refractivity contribution is -0.163. The number of esters is 2. The first kappa shape index (κ1) is 50.6. The predicted molar refractivity (Wildman–Crippen MR) is 224 cm³/mol. The van der Waals surface area contributed by atoms with E-state index in [2.05, 4.69) is 32.9 Å². The van der Waals surface area contributed by atoms with Crippen molar-refractivity contribution in [3.63, 3.8) is 0 Å². The molecule has 0 saturated carbocycles. The van der Waals surface area contributed by atoms with Gasteiger partial charge in [0.2, 0.25) is 0 Å². The molecule has 0 radical (unpaired) electrons. The molecule has 0 aliphatic rings. The summed E-state index contributed by atoms with van der Waals surface area (Å²) in [4.78, 5) is 25.1. The van der Waals surface area contributed by atoms with Crippen LogP contribution in [-0.2, 0) is 23.8 Å². The van der Waals surface area contributed by atoms with Crippen molar-refractivity contribution in [1.82, 2.24) is 0 Å². The van der Waals surface area contributed by atoms with Crippen LogP contribution in [0.15, 0.2) is 12.2 Å². The SMILES string of the molecule is CCCCCCCC/C=C\CCCCCCCCCCCC(=O)OCC(COCCCCCCCCCC)OC(=O)CCCCCCCCCCC. The zero-order chi connectivity index (χ0) is 37.8. The van der Waals surface area contributed by atoms with E-state index in [1.54, 1.807) is 0 Å². The molecule has 0 saturated heterocycles. The van der Waals surface area contributed by atoms with Crippen molar-refractivity contribution >= 4 is 11.9 Å². The fourth-order valence-electron chi connectivity index (χ4n) is 6.80. The van der Waals surface area contributed by atoms with Gasteiger partial charge in [-0.25, -0.2) is 0 Å². The van der Waals surface area contributed by atoms with Gasteiger partial charge in [0.05, 0.1) is 6.61 Å². The Hall–Kier alpha value is -1.36. The molecule has 0 N–H and O–H groups in total. The second-order valence-electron chi connectivity index (χ2n) is 15.7. The van der Waals surface area contributed by atoms with E-state index < -0.39 is 6.10 Å². The highest BCUT2D eigenvalue weighted by Gasteiger charge is 2.17. The molecule has 5 nitrogen and oxygen atoms in total. The van der Waals surface area contributed by atoms with Gasteiger partial charge in [0.25, 0.3) is 0 Å². The largest absolute Gasteiger partial charge is 0.462 e. The number of hydrogen-bond donors (Lipinski definition) is 0. The lowest BCUT2D eigenvalue weighted by atomic mass is 10.1. The molecule has 5 heteroatoms. The molecule has 0 aromatic rings. The molecule has 0 aromatic heterocycles. The summed E-state index contributed by atoms with van der Waals surface area (Å²) in [5, 5.41) is 0. The molecule has 0 bridgehead atoms. The van der Waals surface area contributed by atoms with E-state index in [0.29, 0.717) is 26.1 Å². The van der Waals surface area contributed by atoms with Crippen molar-refractivity contribution in [1.29, 1.82) is 0 Å². The van der Waals surface area contributed by atoms with E-state index in [0.717, 1.165) is 32.1 Å². The summed E-state index contributed by atoms with van der Waals surface area (Å²) in [5.74, 6) is -0.389. The first-order valence-corrected chi connectivity index (χ1v) is 23.2. The summed E-state index contributed by atoms with van der Waals surface area (Å²) in [6.07, 6.45) is 47.9. The van der Waals surface area contributed by atoms with Crippen molar-refractivity contribution in [2.45, 2.75) is 258 Å². The Bertz CT molecular complexity index is 750. The molecule has 52 heavy (non-hydrogen) atoms. The molecule has 0 aromatic carbocycles. The smallest absolute Gasteiger partial charge is 0.306 e. The third-order valence-corrected chi connectivity index (χ3v) is 10.3. The zero-order valence-corrected chi connectivity index (χ0v) is 35.4. The van der Waals surface area contributed by atoms with Gasteiger partial charge in [0.1, 0.15) is 6.61 Å². The second kappa shape index (κ2) is 44.0. The molecule has 1 atom stereocenters. The second-order valence-corrected chi connectivity index (χ2v) is 15.7. The van der Waals surface area contributed by atoms with Gasteiger partial charge < -0.3 is 14.2 Å². The maximum absolute atomic E-state index is 12.6. The highest BCUT2D eigenvalue weighted by molar-refractivity contribution is 5.70. The summed E-state index contributed by atoms with van der Waals surface area (Å²) in [5.41, 5.74) is 0. The minimum Gasteiger partial charge on any atom is -0.462 e. The fourth-order valence-corrected chi connectivity index (χ4v) is 6.80. The van der Waals surface area contributed by atoms with Crippen molar-refractivity contribution in [3.05, 3.63) is 12.2 Å². The maximum atomic E-state index is 12.6. The first-order valence-electron chi connectivity index (χ1n) is 23.2. The van der Waals surface area contributed by atoms with E-state index in [-0.39, 0.29) is 18.5 Å². The van der Waals surface area contributed by atoms with Gasteiger partial charge in [-0.1, -0.05) is 206 Å². The molecule has 0 aliphatic carbocycles. The zero-order valence-electron chi connectivity index (χ0n) is 35.4. The third kappa shape index (κ3) is 41.4. The van der Waals surface area contributed by atoms with Crippen LogP contribution in [0.25, 0.3) is 0 Å². The summed E-state index contributed by atoms with van der Waals surface area (Å²) in [6.45, 7) is 7.83. The van der Waals surface area contributed by atoms with Gasteiger partial charge in [-0.2, -0.15) is 0 Å². The van der Waals surface area contributed by atoms with Gasteiger partial charge in [0, 0.05) is 19.4 Å². The Kier molecular flexibility index (Phi) is 42.9. The Morgan fingerprint density at radius 3 is 1.17 bits per heavy atom. The van der Waals surface area contributed by atoms with E-state index in [9.17, 15) is 9.59 Å². The van der Waals surface area contributed by atoms with Crippen LogP contribution in [0.3, 0.4) is 0 Å². The molecule has 0 amide bonds. The third-order valence-electron chi connectivity index (χ3n) is 10.3. The molecule has 0 rings (SSSR count). The van der Waals surface area contributed by atoms with Crippen molar-refractivity contribution in [2.24, 2.45) is 0 Å². The van der Waals surface area contributed by atoms with Crippen molar-refractivity contribution in [3.8, 4) is 0 Å². The number of carbonyl (C=O) groups excluding carboxylic acids is 2. The van der Waals surface area contributed by atoms with E-state index >= 15 is 0 Å². The number of rotatable bonds is 43. The minimum absolute atomic E-state index is 0.0919. The average molecular weight is 735 g/mol. The fraction of sp³-hybridized carbons (Fsp3) is 0.915. The summed E-state index contributed by atoms with van der Waals surface area (Å²) in [7, 11) is 0. The number of allylic oxidation sites excluding steroid dienone is 2. The molecular formula is C47H90O5. The lowest BCUT2D eigenvalue weighted by Gasteiger charge is -2.18. The summed E-state index contributed by atoms with van der Waals surface area (Å²) < 4.78 is 17.2. The molecule has 0 aliphatic heterocycles. The molecule has 0 fully saturated rings. The van der Waals surface area contributed by atoms with Crippen molar-refractivity contribution < 1.29 is 23.8 Å². The standard InChI is InChI=1S/C47H90O5/c1-4-7-10-13-16-19-20-21-22-23-24-25-26-27-28-30-31-34-37-40-46(48)51-44-45(43-50-42-39-36-33-18-15-12-9-6-3)52-47(49)41-38-35-32-29-17-14-11-8-5-2/h21-22,45H,4-20,23-44H2,1-3H3/b22-21-. The highest BCUT2D eigenvalue weighted by Crippen LogP contribution is 2.15. The summed E-state index contributed by atoms with van der Waals surface area (Å²) >= 11 is 0. The first-order chi connectivity index (χ1) is 25.6. The normalized spacial score (nSPS) is 12.1. The van der Waals surface area contributed by atoms with E-state index in [1.165, 1.54) is 186 Å².